The molecule has 5 nitrogen and oxygen atoms in total. The van der Waals surface area contributed by atoms with Crippen molar-refractivity contribution in [2.45, 2.75) is 39.5 Å². The minimum Gasteiger partial charge on any atom is -0.387 e. The second-order valence-corrected chi connectivity index (χ2v) is 5.22. The molecule has 104 valence electrons. The van der Waals surface area contributed by atoms with Crippen molar-refractivity contribution in [1.29, 1.82) is 5.41 Å². The Hall–Kier alpha value is -1.65. The zero-order valence-corrected chi connectivity index (χ0v) is 11.8. The van der Waals surface area contributed by atoms with Crippen LogP contribution in [0, 0.1) is 11.3 Å². The summed E-state index contributed by atoms with van der Waals surface area (Å²) >= 11 is 0. The average Bonchev–Trinajstić information content (AvgIpc) is 2.44. The fraction of sp³-hybridized carbons (Fsp3) is 0.643. The summed E-state index contributed by atoms with van der Waals surface area (Å²) in [5, 5.41) is 7.54. The normalized spacial score (nSPS) is 15.7. The first-order valence-electron chi connectivity index (χ1n) is 7.05. The molecule has 1 unspecified atom stereocenters. The zero-order chi connectivity index (χ0) is 13.8. The number of nitrogens with two attached hydrogens (primary N) is 1. The zero-order valence-electron chi connectivity index (χ0n) is 11.8. The lowest BCUT2D eigenvalue weighted by molar-refractivity contribution is 0.642. The van der Waals surface area contributed by atoms with E-state index >= 15 is 0 Å². The van der Waals surface area contributed by atoms with E-state index in [4.69, 9.17) is 11.1 Å². The van der Waals surface area contributed by atoms with Gasteiger partial charge in [0.05, 0.1) is 5.84 Å². The molecule has 19 heavy (non-hydrogen) atoms. The van der Waals surface area contributed by atoms with Crippen LogP contribution in [0.25, 0.3) is 0 Å². The number of nitrogens with zero attached hydrogens (tertiary/aromatic N) is 3. The van der Waals surface area contributed by atoms with Crippen molar-refractivity contribution in [2.24, 2.45) is 11.7 Å². The van der Waals surface area contributed by atoms with Crippen molar-refractivity contribution in [1.82, 2.24) is 9.97 Å². The highest BCUT2D eigenvalue weighted by atomic mass is 15.2. The van der Waals surface area contributed by atoms with Gasteiger partial charge < -0.3 is 10.6 Å². The number of aromatic nitrogens is 2. The van der Waals surface area contributed by atoms with Gasteiger partial charge in [0.15, 0.2) is 0 Å². The summed E-state index contributed by atoms with van der Waals surface area (Å²) in [5.74, 6) is 1.33. The molecular weight excluding hydrogens is 238 g/mol. The summed E-state index contributed by atoms with van der Waals surface area (Å²) in [6.07, 6.45) is 6.23. The summed E-state index contributed by atoms with van der Waals surface area (Å²) in [6, 6.07) is 0. The standard InChI is InChI=1S/C14H23N5/c1-3-19(8-10(2)13(15)16)14-11-6-4-5-7-12(11)17-9-18-14/h9-10H,3-8H2,1-2H3,(H3,15,16). The number of rotatable bonds is 5. The second kappa shape index (κ2) is 5.99. The Kier molecular flexibility index (Phi) is 4.35. The summed E-state index contributed by atoms with van der Waals surface area (Å²) in [7, 11) is 0. The van der Waals surface area contributed by atoms with Crippen molar-refractivity contribution in [3.05, 3.63) is 17.6 Å². The van der Waals surface area contributed by atoms with Crippen molar-refractivity contribution >= 4 is 11.7 Å². The van der Waals surface area contributed by atoms with Crippen LogP contribution in [0.3, 0.4) is 0 Å². The lowest BCUT2D eigenvalue weighted by Crippen LogP contribution is -2.36. The first-order chi connectivity index (χ1) is 9.13. The Bertz CT molecular complexity index is 457. The first kappa shape index (κ1) is 13.8. The van der Waals surface area contributed by atoms with E-state index < -0.39 is 0 Å². The maximum Gasteiger partial charge on any atom is 0.135 e. The van der Waals surface area contributed by atoms with Gasteiger partial charge in [-0.05, 0) is 32.6 Å². The Morgan fingerprint density at radius 1 is 1.42 bits per heavy atom. The molecule has 0 radical (unpaired) electrons. The third-order valence-electron chi connectivity index (χ3n) is 3.81. The maximum atomic E-state index is 7.54. The minimum absolute atomic E-state index is 0.0501. The fourth-order valence-electron chi connectivity index (χ4n) is 2.57. The molecule has 0 amide bonds. The van der Waals surface area contributed by atoms with E-state index in [1.54, 1.807) is 6.33 Å². The molecule has 0 fully saturated rings. The minimum atomic E-state index is 0.0501. The number of hydrogen-bond donors (Lipinski definition) is 2. The molecule has 1 atom stereocenters. The van der Waals surface area contributed by atoms with E-state index in [1.807, 2.05) is 6.92 Å². The molecule has 1 aromatic heterocycles. The molecule has 1 aliphatic carbocycles. The number of hydrogen-bond acceptors (Lipinski definition) is 4. The predicted molar refractivity (Wildman–Crippen MR) is 77.6 cm³/mol. The molecule has 5 heteroatoms. The van der Waals surface area contributed by atoms with E-state index in [2.05, 4.69) is 21.8 Å². The van der Waals surface area contributed by atoms with Crippen LogP contribution in [0.4, 0.5) is 5.82 Å². The Morgan fingerprint density at radius 3 is 2.84 bits per heavy atom. The van der Waals surface area contributed by atoms with Crippen molar-refractivity contribution < 1.29 is 0 Å². The van der Waals surface area contributed by atoms with E-state index in [9.17, 15) is 0 Å². The highest BCUT2D eigenvalue weighted by Crippen LogP contribution is 2.27. The van der Waals surface area contributed by atoms with Crippen molar-refractivity contribution in [3.8, 4) is 0 Å². The Labute approximate surface area is 114 Å². The van der Waals surface area contributed by atoms with Gasteiger partial charge in [-0.25, -0.2) is 9.97 Å². The fourth-order valence-corrected chi connectivity index (χ4v) is 2.57. The van der Waals surface area contributed by atoms with E-state index in [0.717, 1.165) is 31.7 Å². The van der Waals surface area contributed by atoms with E-state index in [0.29, 0.717) is 0 Å². The van der Waals surface area contributed by atoms with Crippen LogP contribution in [0.5, 0.6) is 0 Å². The summed E-state index contributed by atoms with van der Waals surface area (Å²) in [6.45, 7) is 5.72. The summed E-state index contributed by atoms with van der Waals surface area (Å²) < 4.78 is 0. The Morgan fingerprint density at radius 2 is 2.16 bits per heavy atom. The quantitative estimate of drug-likeness (QED) is 0.625. The monoisotopic (exact) mass is 261 g/mol. The van der Waals surface area contributed by atoms with Gasteiger partial charge in [0.1, 0.15) is 12.1 Å². The summed E-state index contributed by atoms with van der Waals surface area (Å²) in [5.41, 5.74) is 8.08. The van der Waals surface area contributed by atoms with Crippen LogP contribution >= 0.6 is 0 Å². The molecule has 0 saturated heterocycles. The first-order valence-corrected chi connectivity index (χ1v) is 7.05. The number of nitrogens with one attached hydrogen (secondary N) is 1. The van der Waals surface area contributed by atoms with Gasteiger partial charge in [0.2, 0.25) is 0 Å². The number of fused-ring (bicyclic) bond motifs is 1. The summed E-state index contributed by atoms with van der Waals surface area (Å²) in [4.78, 5) is 11.1. The topological polar surface area (TPSA) is 78.9 Å². The molecule has 0 aromatic carbocycles. The molecule has 0 bridgehead atoms. The van der Waals surface area contributed by atoms with Gasteiger partial charge in [0, 0.05) is 30.3 Å². The number of aryl methyl sites for hydroxylation is 1. The van der Waals surface area contributed by atoms with Gasteiger partial charge in [0.25, 0.3) is 0 Å². The van der Waals surface area contributed by atoms with Crippen LogP contribution in [0.2, 0.25) is 0 Å². The van der Waals surface area contributed by atoms with Gasteiger partial charge in [-0.2, -0.15) is 0 Å². The highest BCUT2D eigenvalue weighted by molar-refractivity contribution is 5.79. The van der Waals surface area contributed by atoms with Gasteiger partial charge in [-0.3, -0.25) is 5.41 Å². The molecule has 0 saturated carbocycles. The van der Waals surface area contributed by atoms with Gasteiger partial charge in [-0.15, -0.1) is 0 Å². The number of amidine groups is 1. The molecular formula is C14H23N5. The van der Waals surface area contributed by atoms with Crippen LogP contribution < -0.4 is 10.6 Å². The van der Waals surface area contributed by atoms with E-state index in [1.165, 1.54) is 24.1 Å². The predicted octanol–water partition coefficient (Wildman–Crippen LogP) is 1.75. The molecule has 1 heterocycles. The van der Waals surface area contributed by atoms with Crippen molar-refractivity contribution in [3.63, 3.8) is 0 Å². The Balaban J connectivity index is 2.25. The molecule has 0 spiro atoms. The largest absolute Gasteiger partial charge is 0.387 e. The SMILES string of the molecule is CCN(CC(C)C(=N)N)c1ncnc2c1CCCC2. The molecule has 0 aliphatic heterocycles. The third-order valence-corrected chi connectivity index (χ3v) is 3.81. The maximum absolute atomic E-state index is 7.54. The smallest absolute Gasteiger partial charge is 0.135 e. The highest BCUT2D eigenvalue weighted by Gasteiger charge is 2.20. The average molecular weight is 261 g/mol. The van der Waals surface area contributed by atoms with Crippen LogP contribution in [0.1, 0.15) is 37.9 Å². The number of anilines is 1. The van der Waals surface area contributed by atoms with Crippen LogP contribution in [-0.4, -0.2) is 28.9 Å². The lowest BCUT2D eigenvalue weighted by atomic mass is 9.96. The van der Waals surface area contributed by atoms with Crippen molar-refractivity contribution in [2.75, 3.05) is 18.0 Å². The second-order valence-electron chi connectivity index (χ2n) is 5.22. The van der Waals surface area contributed by atoms with Crippen LogP contribution in [0.15, 0.2) is 6.33 Å². The third kappa shape index (κ3) is 3.03. The van der Waals surface area contributed by atoms with Gasteiger partial charge >= 0.3 is 0 Å². The lowest BCUT2D eigenvalue weighted by Gasteiger charge is -2.28. The molecule has 2 rings (SSSR count). The molecule has 1 aromatic rings. The van der Waals surface area contributed by atoms with E-state index in [-0.39, 0.29) is 11.8 Å². The van der Waals surface area contributed by atoms with Crippen LogP contribution in [-0.2, 0) is 12.8 Å². The van der Waals surface area contributed by atoms with Gasteiger partial charge in [-0.1, -0.05) is 6.92 Å². The molecule has 1 aliphatic rings. The molecule has 3 N–H and O–H groups in total.